The third-order valence-electron chi connectivity index (χ3n) is 4.12. The van der Waals surface area contributed by atoms with Gasteiger partial charge in [-0.05, 0) is 33.6 Å². The number of piperidine rings is 1. The predicted molar refractivity (Wildman–Crippen MR) is 88.1 cm³/mol. The van der Waals surface area contributed by atoms with Crippen LogP contribution in [0, 0.1) is 19.8 Å². The van der Waals surface area contributed by atoms with Crippen LogP contribution in [0.25, 0.3) is 0 Å². The molecule has 0 unspecified atom stereocenters. The normalized spacial score (nSPS) is 15.7. The quantitative estimate of drug-likeness (QED) is 0.740. The van der Waals surface area contributed by atoms with Crippen molar-refractivity contribution in [3.05, 3.63) is 17.0 Å². The Kier molecular flexibility index (Phi) is 6.50. The van der Waals surface area contributed by atoms with Crippen LogP contribution in [-0.4, -0.2) is 47.4 Å². The standard InChI is InChI=1S/C16H24N2O4S/c1-4-21-16(20)13-5-7-18(8-6-13)15(19)10-23-9-14-11(2)17-22-12(14)3/h13H,4-10H2,1-3H3. The van der Waals surface area contributed by atoms with E-state index in [1.54, 1.807) is 11.8 Å². The van der Waals surface area contributed by atoms with E-state index in [0.29, 0.717) is 38.3 Å². The molecule has 0 N–H and O–H groups in total. The first-order chi connectivity index (χ1) is 11.0. The molecule has 0 radical (unpaired) electrons. The maximum absolute atomic E-state index is 12.2. The zero-order chi connectivity index (χ0) is 16.8. The molecule has 1 aromatic rings. The third-order valence-corrected chi connectivity index (χ3v) is 5.06. The van der Waals surface area contributed by atoms with E-state index in [9.17, 15) is 9.59 Å². The Morgan fingerprint density at radius 2 is 2.04 bits per heavy atom. The number of aromatic nitrogens is 1. The van der Waals surface area contributed by atoms with Crippen LogP contribution in [0.1, 0.15) is 36.8 Å². The Hall–Kier alpha value is -1.50. The van der Waals surface area contributed by atoms with Gasteiger partial charge >= 0.3 is 5.97 Å². The largest absolute Gasteiger partial charge is 0.466 e. The van der Waals surface area contributed by atoms with Gasteiger partial charge in [-0.1, -0.05) is 5.16 Å². The van der Waals surface area contributed by atoms with Crippen LogP contribution >= 0.6 is 11.8 Å². The Balaban J connectivity index is 1.72. The lowest BCUT2D eigenvalue weighted by atomic mass is 9.97. The van der Waals surface area contributed by atoms with E-state index in [2.05, 4.69) is 5.16 Å². The molecule has 1 saturated heterocycles. The van der Waals surface area contributed by atoms with Gasteiger partial charge in [-0.3, -0.25) is 9.59 Å². The number of likely N-dealkylation sites (tertiary alicyclic amines) is 1. The van der Waals surface area contributed by atoms with E-state index in [4.69, 9.17) is 9.26 Å². The smallest absolute Gasteiger partial charge is 0.309 e. The first kappa shape index (κ1) is 17.8. The van der Waals surface area contributed by atoms with Gasteiger partial charge in [0.25, 0.3) is 0 Å². The molecule has 1 fully saturated rings. The molecule has 0 saturated carbocycles. The number of aryl methyl sites for hydroxylation is 2. The summed E-state index contributed by atoms with van der Waals surface area (Å²) in [5, 5.41) is 3.92. The molecule has 0 spiro atoms. The van der Waals surface area contributed by atoms with Gasteiger partial charge in [0.2, 0.25) is 5.91 Å². The maximum atomic E-state index is 12.2. The molecule has 23 heavy (non-hydrogen) atoms. The molecule has 6 nitrogen and oxygen atoms in total. The molecule has 0 bridgehead atoms. The molecule has 1 aliphatic rings. The van der Waals surface area contributed by atoms with Crippen LogP contribution in [0.3, 0.4) is 0 Å². The predicted octanol–water partition coefficient (Wildman–Crippen LogP) is 2.33. The molecule has 0 aromatic carbocycles. The van der Waals surface area contributed by atoms with Crippen LogP contribution in [0.15, 0.2) is 4.52 Å². The molecule has 1 aromatic heterocycles. The summed E-state index contributed by atoms with van der Waals surface area (Å²) in [4.78, 5) is 25.8. The van der Waals surface area contributed by atoms with Crippen molar-refractivity contribution < 1.29 is 18.8 Å². The van der Waals surface area contributed by atoms with Gasteiger partial charge in [0.15, 0.2) is 0 Å². The first-order valence-electron chi connectivity index (χ1n) is 7.96. The minimum absolute atomic E-state index is 0.0612. The summed E-state index contributed by atoms with van der Waals surface area (Å²) in [6.07, 6.45) is 1.39. The van der Waals surface area contributed by atoms with Crippen molar-refractivity contribution in [2.24, 2.45) is 5.92 Å². The average molecular weight is 340 g/mol. The lowest BCUT2D eigenvalue weighted by Crippen LogP contribution is -2.41. The van der Waals surface area contributed by atoms with Gasteiger partial charge in [-0.25, -0.2) is 0 Å². The van der Waals surface area contributed by atoms with Gasteiger partial charge in [0, 0.05) is 24.4 Å². The molecule has 0 atom stereocenters. The van der Waals surface area contributed by atoms with Crippen molar-refractivity contribution in [3.8, 4) is 0 Å². The SMILES string of the molecule is CCOC(=O)C1CCN(C(=O)CSCc2c(C)noc2C)CC1. The Bertz CT molecular complexity index is 531. The Morgan fingerprint density at radius 3 is 2.61 bits per heavy atom. The molecule has 2 heterocycles. The number of rotatable bonds is 6. The number of hydrogen-bond acceptors (Lipinski definition) is 6. The highest BCUT2D eigenvalue weighted by Gasteiger charge is 2.28. The Morgan fingerprint density at radius 1 is 1.35 bits per heavy atom. The summed E-state index contributed by atoms with van der Waals surface area (Å²) in [7, 11) is 0. The molecule has 7 heteroatoms. The van der Waals surface area contributed by atoms with Crippen molar-refractivity contribution >= 4 is 23.6 Å². The summed E-state index contributed by atoms with van der Waals surface area (Å²) in [5.74, 6) is 1.92. The van der Waals surface area contributed by atoms with Crippen molar-refractivity contribution in [2.75, 3.05) is 25.4 Å². The lowest BCUT2D eigenvalue weighted by molar-refractivity contribution is -0.151. The van der Waals surface area contributed by atoms with Crippen LogP contribution in [-0.2, 0) is 20.1 Å². The topological polar surface area (TPSA) is 72.6 Å². The molecular formula is C16H24N2O4S. The van der Waals surface area contributed by atoms with E-state index < -0.39 is 0 Å². The van der Waals surface area contributed by atoms with E-state index in [1.165, 1.54) is 0 Å². The number of thioether (sulfide) groups is 1. The number of amides is 1. The van der Waals surface area contributed by atoms with Gasteiger partial charge in [-0.15, -0.1) is 11.8 Å². The molecule has 1 amide bonds. The minimum Gasteiger partial charge on any atom is -0.466 e. The fourth-order valence-electron chi connectivity index (χ4n) is 2.66. The van der Waals surface area contributed by atoms with Crippen LogP contribution in [0.5, 0.6) is 0 Å². The maximum Gasteiger partial charge on any atom is 0.309 e. The van der Waals surface area contributed by atoms with Crippen molar-refractivity contribution in [3.63, 3.8) is 0 Å². The number of ether oxygens (including phenoxy) is 1. The van der Waals surface area contributed by atoms with Crippen molar-refractivity contribution in [2.45, 2.75) is 39.4 Å². The summed E-state index contributed by atoms with van der Waals surface area (Å²) < 4.78 is 10.2. The molecule has 128 valence electrons. The number of carbonyl (C=O) groups is 2. The van der Waals surface area contributed by atoms with Crippen molar-refractivity contribution in [1.82, 2.24) is 10.1 Å². The first-order valence-corrected chi connectivity index (χ1v) is 9.12. The second-order valence-electron chi connectivity index (χ2n) is 5.70. The van der Waals surface area contributed by atoms with Crippen LogP contribution in [0.2, 0.25) is 0 Å². The minimum atomic E-state index is -0.132. The average Bonchev–Trinajstić information content (AvgIpc) is 2.87. The molecule has 0 aliphatic carbocycles. The fourth-order valence-corrected chi connectivity index (χ4v) is 3.74. The number of hydrogen-bond donors (Lipinski definition) is 0. The Labute approximate surface area is 140 Å². The fraction of sp³-hybridized carbons (Fsp3) is 0.688. The van der Waals surface area contributed by atoms with Crippen molar-refractivity contribution in [1.29, 1.82) is 0 Å². The van der Waals surface area contributed by atoms with Gasteiger partial charge < -0.3 is 14.2 Å². The zero-order valence-electron chi connectivity index (χ0n) is 14.0. The van der Waals surface area contributed by atoms with Crippen LogP contribution < -0.4 is 0 Å². The number of carbonyl (C=O) groups excluding carboxylic acids is 2. The second-order valence-corrected chi connectivity index (χ2v) is 6.69. The highest BCUT2D eigenvalue weighted by Crippen LogP contribution is 2.22. The van der Waals surface area contributed by atoms with Crippen LogP contribution in [0.4, 0.5) is 0 Å². The summed E-state index contributed by atoms with van der Waals surface area (Å²) in [5.41, 5.74) is 1.96. The summed E-state index contributed by atoms with van der Waals surface area (Å²) in [6, 6.07) is 0. The zero-order valence-corrected chi connectivity index (χ0v) is 14.8. The molecular weight excluding hydrogens is 316 g/mol. The highest BCUT2D eigenvalue weighted by molar-refractivity contribution is 7.99. The lowest BCUT2D eigenvalue weighted by Gasteiger charge is -2.30. The van der Waals surface area contributed by atoms with E-state index in [-0.39, 0.29) is 17.8 Å². The van der Waals surface area contributed by atoms with Gasteiger partial charge in [-0.2, -0.15) is 0 Å². The molecule has 2 rings (SSSR count). The van der Waals surface area contributed by atoms with E-state index >= 15 is 0 Å². The highest BCUT2D eigenvalue weighted by atomic mass is 32.2. The van der Waals surface area contributed by atoms with E-state index in [0.717, 1.165) is 22.8 Å². The van der Waals surface area contributed by atoms with Gasteiger partial charge in [0.1, 0.15) is 5.76 Å². The second kappa shape index (κ2) is 8.38. The number of nitrogens with zero attached hydrogens (tertiary/aromatic N) is 2. The third kappa shape index (κ3) is 4.73. The summed E-state index contributed by atoms with van der Waals surface area (Å²) in [6.45, 7) is 7.29. The molecule has 1 aliphatic heterocycles. The van der Waals surface area contributed by atoms with E-state index in [1.807, 2.05) is 25.7 Å². The summed E-state index contributed by atoms with van der Waals surface area (Å²) >= 11 is 1.57. The monoisotopic (exact) mass is 340 g/mol. The number of esters is 1. The van der Waals surface area contributed by atoms with Gasteiger partial charge in [0.05, 0.1) is 24.0 Å².